The lowest BCUT2D eigenvalue weighted by Crippen LogP contribution is -2.08. The molecule has 0 spiro atoms. The Hall–Kier alpha value is -1.10. The SMILES string of the molecule is CC(C)n1cncc1Cn1cc(Br)cn1. The third-order valence-electron chi connectivity index (χ3n) is 2.23. The highest BCUT2D eigenvalue weighted by Crippen LogP contribution is 2.12. The monoisotopic (exact) mass is 268 g/mol. The Morgan fingerprint density at radius 3 is 2.80 bits per heavy atom. The van der Waals surface area contributed by atoms with Crippen molar-refractivity contribution in [2.45, 2.75) is 26.4 Å². The molecular weight excluding hydrogens is 256 g/mol. The number of nitrogens with zero attached hydrogens (tertiary/aromatic N) is 4. The Labute approximate surface area is 97.1 Å². The first-order valence-corrected chi connectivity index (χ1v) is 5.65. The molecule has 0 bridgehead atoms. The lowest BCUT2D eigenvalue weighted by Gasteiger charge is -2.11. The third kappa shape index (κ3) is 2.28. The van der Waals surface area contributed by atoms with Gasteiger partial charge < -0.3 is 4.57 Å². The Balaban J connectivity index is 2.20. The Kier molecular flexibility index (Phi) is 2.90. The molecule has 2 rings (SSSR count). The van der Waals surface area contributed by atoms with Gasteiger partial charge in [0.25, 0.3) is 0 Å². The molecule has 2 heterocycles. The number of hydrogen-bond acceptors (Lipinski definition) is 2. The molecule has 0 amide bonds. The van der Waals surface area contributed by atoms with E-state index in [0.717, 1.165) is 11.0 Å². The van der Waals surface area contributed by atoms with Crippen LogP contribution in [0.5, 0.6) is 0 Å². The lowest BCUT2D eigenvalue weighted by molar-refractivity contribution is 0.548. The molecule has 15 heavy (non-hydrogen) atoms. The lowest BCUT2D eigenvalue weighted by atomic mass is 10.3. The highest BCUT2D eigenvalue weighted by atomic mass is 79.9. The number of rotatable bonds is 3. The van der Waals surface area contributed by atoms with Crippen LogP contribution in [0.4, 0.5) is 0 Å². The summed E-state index contributed by atoms with van der Waals surface area (Å²) >= 11 is 3.38. The topological polar surface area (TPSA) is 35.6 Å². The van der Waals surface area contributed by atoms with E-state index in [1.807, 2.05) is 23.4 Å². The average molecular weight is 269 g/mol. The number of halogens is 1. The van der Waals surface area contributed by atoms with Crippen molar-refractivity contribution in [1.82, 2.24) is 19.3 Å². The maximum atomic E-state index is 4.22. The number of hydrogen-bond donors (Lipinski definition) is 0. The van der Waals surface area contributed by atoms with Crippen LogP contribution >= 0.6 is 15.9 Å². The third-order valence-corrected chi connectivity index (χ3v) is 2.64. The van der Waals surface area contributed by atoms with Gasteiger partial charge >= 0.3 is 0 Å². The molecule has 0 aliphatic carbocycles. The number of imidazole rings is 1. The summed E-state index contributed by atoms with van der Waals surface area (Å²) in [6, 6.07) is 0.432. The van der Waals surface area contributed by atoms with Gasteiger partial charge in [0.1, 0.15) is 0 Å². The van der Waals surface area contributed by atoms with E-state index >= 15 is 0 Å². The second-order valence-electron chi connectivity index (χ2n) is 3.74. The van der Waals surface area contributed by atoms with E-state index < -0.39 is 0 Å². The molecule has 0 saturated carbocycles. The van der Waals surface area contributed by atoms with Crippen LogP contribution < -0.4 is 0 Å². The zero-order chi connectivity index (χ0) is 10.8. The minimum atomic E-state index is 0.432. The minimum absolute atomic E-state index is 0.432. The molecule has 0 radical (unpaired) electrons. The summed E-state index contributed by atoms with van der Waals surface area (Å²) in [5.74, 6) is 0. The minimum Gasteiger partial charge on any atom is -0.330 e. The van der Waals surface area contributed by atoms with E-state index in [1.54, 1.807) is 6.20 Å². The fraction of sp³-hybridized carbons (Fsp3) is 0.400. The first-order chi connectivity index (χ1) is 7.16. The zero-order valence-electron chi connectivity index (χ0n) is 8.76. The zero-order valence-corrected chi connectivity index (χ0v) is 10.3. The summed E-state index contributed by atoms with van der Waals surface area (Å²) in [4.78, 5) is 4.16. The largest absolute Gasteiger partial charge is 0.330 e. The van der Waals surface area contributed by atoms with Crippen LogP contribution in [0.2, 0.25) is 0 Å². The number of aromatic nitrogens is 4. The Morgan fingerprint density at radius 1 is 1.40 bits per heavy atom. The van der Waals surface area contributed by atoms with Gasteiger partial charge in [-0.2, -0.15) is 5.10 Å². The van der Waals surface area contributed by atoms with E-state index in [-0.39, 0.29) is 0 Å². The van der Waals surface area contributed by atoms with Crippen molar-refractivity contribution >= 4 is 15.9 Å². The maximum Gasteiger partial charge on any atom is 0.0951 e. The summed E-state index contributed by atoms with van der Waals surface area (Å²) in [7, 11) is 0. The van der Waals surface area contributed by atoms with Crippen LogP contribution in [0.15, 0.2) is 29.4 Å². The summed E-state index contributed by atoms with van der Waals surface area (Å²) < 4.78 is 5.04. The fourth-order valence-corrected chi connectivity index (χ4v) is 1.84. The van der Waals surface area contributed by atoms with Gasteiger partial charge in [-0.05, 0) is 29.8 Å². The van der Waals surface area contributed by atoms with Gasteiger partial charge in [0.15, 0.2) is 0 Å². The average Bonchev–Trinajstić information content (AvgIpc) is 2.75. The van der Waals surface area contributed by atoms with Crippen LogP contribution in [-0.4, -0.2) is 19.3 Å². The van der Waals surface area contributed by atoms with Crippen molar-refractivity contribution in [3.05, 3.63) is 35.1 Å². The molecule has 0 fully saturated rings. The molecule has 5 heteroatoms. The molecule has 0 aliphatic rings. The summed E-state index contributed by atoms with van der Waals surface area (Å²) in [5.41, 5.74) is 1.17. The molecule has 0 N–H and O–H groups in total. The van der Waals surface area contributed by atoms with Crippen LogP contribution in [0.3, 0.4) is 0 Å². The van der Waals surface area contributed by atoms with Gasteiger partial charge in [-0.3, -0.25) is 4.68 Å². The molecule has 2 aromatic heterocycles. The first-order valence-electron chi connectivity index (χ1n) is 4.85. The van der Waals surface area contributed by atoms with E-state index in [9.17, 15) is 0 Å². The van der Waals surface area contributed by atoms with Gasteiger partial charge in [-0.15, -0.1) is 0 Å². The normalized spacial score (nSPS) is 11.2. The molecule has 0 atom stereocenters. The van der Waals surface area contributed by atoms with Crippen molar-refractivity contribution < 1.29 is 0 Å². The second-order valence-corrected chi connectivity index (χ2v) is 4.66. The molecule has 0 aliphatic heterocycles. The van der Waals surface area contributed by atoms with Crippen molar-refractivity contribution in [3.8, 4) is 0 Å². The smallest absolute Gasteiger partial charge is 0.0951 e. The van der Waals surface area contributed by atoms with E-state index in [4.69, 9.17) is 0 Å². The fourth-order valence-electron chi connectivity index (χ4n) is 1.51. The van der Waals surface area contributed by atoms with Crippen molar-refractivity contribution in [3.63, 3.8) is 0 Å². The van der Waals surface area contributed by atoms with E-state index in [1.165, 1.54) is 5.69 Å². The van der Waals surface area contributed by atoms with Crippen LogP contribution in [0, 0.1) is 0 Å². The van der Waals surface area contributed by atoms with Gasteiger partial charge in [0.2, 0.25) is 0 Å². The van der Waals surface area contributed by atoms with Crippen molar-refractivity contribution in [2.24, 2.45) is 0 Å². The molecule has 4 nitrogen and oxygen atoms in total. The van der Waals surface area contributed by atoms with E-state index in [0.29, 0.717) is 6.04 Å². The Bertz CT molecular complexity index is 444. The summed E-state index contributed by atoms with van der Waals surface area (Å²) in [5, 5.41) is 4.22. The quantitative estimate of drug-likeness (QED) is 0.858. The predicted molar refractivity (Wildman–Crippen MR) is 61.6 cm³/mol. The standard InChI is InChI=1S/C10H13BrN4/c1-8(2)15-7-12-4-10(15)6-14-5-9(11)3-13-14/h3-5,7-8H,6H2,1-2H3. The molecular formula is C10H13BrN4. The van der Waals surface area contributed by atoms with Crippen LogP contribution in [0.25, 0.3) is 0 Å². The van der Waals surface area contributed by atoms with E-state index in [2.05, 4.69) is 44.4 Å². The van der Waals surface area contributed by atoms with Gasteiger partial charge in [0, 0.05) is 12.2 Å². The molecule has 0 aromatic carbocycles. The van der Waals surface area contributed by atoms with Gasteiger partial charge in [-0.1, -0.05) is 0 Å². The predicted octanol–water partition coefficient (Wildman–Crippen LogP) is 2.47. The molecule has 80 valence electrons. The second kappa shape index (κ2) is 4.18. The first kappa shape index (κ1) is 10.4. The maximum absolute atomic E-state index is 4.22. The van der Waals surface area contributed by atoms with Gasteiger partial charge in [-0.25, -0.2) is 4.98 Å². The Morgan fingerprint density at radius 2 is 2.20 bits per heavy atom. The summed E-state index contributed by atoms with van der Waals surface area (Å²) in [6.07, 6.45) is 7.49. The molecule has 0 unspecified atom stereocenters. The molecule has 2 aromatic rings. The van der Waals surface area contributed by atoms with Crippen LogP contribution in [0.1, 0.15) is 25.6 Å². The highest BCUT2D eigenvalue weighted by molar-refractivity contribution is 9.10. The highest BCUT2D eigenvalue weighted by Gasteiger charge is 2.06. The summed E-state index contributed by atoms with van der Waals surface area (Å²) in [6.45, 7) is 5.04. The molecule has 0 saturated heterocycles. The van der Waals surface area contributed by atoms with Gasteiger partial charge in [0.05, 0.1) is 35.4 Å². The van der Waals surface area contributed by atoms with Crippen LogP contribution in [-0.2, 0) is 6.54 Å². The van der Waals surface area contributed by atoms with Crippen molar-refractivity contribution in [2.75, 3.05) is 0 Å². The van der Waals surface area contributed by atoms with Crippen molar-refractivity contribution in [1.29, 1.82) is 0 Å².